The minimum atomic E-state index is -0.313. The molecule has 37 heavy (non-hydrogen) atoms. The van der Waals surface area contributed by atoms with Crippen LogP contribution in [0.4, 0.5) is 16.9 Å². The molecule has 1 fully saturated rings. The number of β-amino-alcohol motifs (C(OH)–C–C–N with tert-alkyl or cyclic N) is 1. The molecule has 0 atom stereocenters. The fourth-order valence-electron chi connectivity index (χ4n) is 5.29. The van der Waals surface area contributed by atoms with Gasteiger partial charge in [0.15, 0.2) is 5.13 Å². The van der Waals surface area contributed by atoms with Crippen LogP contribution in [0.25, 0.3) is 21.5 Å². The number of nitrogens with zero attached hydrogens (tertiary/aromatic N) is 6. The summed E-state index contributed by atoms with van der Waals surface area (Å²) >= 11 is 1.40. The smallest absolute Gasteiger partial charge is 0.227 e. The van der Waals surface area contributed by atoms with Crippen LogP contribution in [0.1, 0.15) is 42.1 Å². The SMILES string of the molecule is Cc1cc(-c2cnc3sc(N)nc3c2)cc2c1OCCN(c1nc(N3CC(O)C3)nc(C)c1C(C)C)C2. The number of ether oxygens (including phenoxy) is 1. The fourth-order valence-corrected chi connectivity index (χ4v) is 5.94. The first kappa shape index (κ1) is 23.9. The van der Waals surface area contributed by atoms with Crippen LogP contribution in [-0.4, -0.2) is 57.4 Å². The average molecular weight is 518 g/mol. The maximum Gasteiger partial charge on any atom is 0.227 e. The van der Waals surface area contributed by atoms with Crippen LogP contribution in [-0.2, 0) is 6.54 Å². The number of hydrogen-bond donors (Lipinski definition) is 2. The highest BCUT2D eigenvalue weighted by molar-refractivity contribution is 7.21. The lowest BCUT2D eigenvalue weighted by Gasteiger charge is -2.37. The third kappa shape index (κ3) is 4.34. The van der Waals surface area contributed by atoms with Gasteiger partial charge in [-0.2, -0.15) is 4.98 Å². The molecule has 4 aromatic rings. The molecule has 0 radical (unpaired) electrons. The largest absolute Gasteiger partial charge is 0.491 e. The molecule has 3 N–H and O–H groups in total. The molecule has 2 aliphatic rings. The van der Waals surface area contributed by atoms with Gasteiger partial charge in [-0.15, -0.1) is 0 Å². The van der Waals surface area contributed by atoms with Crippen molar-refractivity contribution in [2.45, 2.75) is 46.3 Å². The van der Waals surface area contributed by atoms with Crippen molar-refractivity contribution in [1.82, 2.24) is 19.9 Å². The van der Waals surface area contributed by atoms with E-state index in [9.17, 15) is 5.11 Å². The predicted molar refractivity (Wildman–Crippen MR) is 148 cm³/mol. The summed E-state index contributed by atoms with van der Waals surface area (Å²) in [7, 11) is 0. The number of nitrogens with two attached hydrogens (primary N) is 1. The molecular formula is C27H31N7O2S. The number of fused-ring (bicyclic) bond motifs is 2. The summed E-state index contributed by atoms with van der Waals surface area (Å²) in [4.78, 5) is 24.0. The number of aromatic nitrogens is 4. The Labute approximate surface area is 220 Å². The van der Waals surface area contributed by atoms with Gasteiger partial charge in [-0.25, -0.2) is 15.0 Å². The first-order valence-corrected chi connectivity index (χ1v) is 13.4. The number of rotatable bonds is 4. The molecule has 6 rings (SSSR count). The van der Waals surface area contributed by atoms with Crippen LogP contribution in [0.3, 0.4) is 0 Å². The summed E-state index contributed by atoms with van der Waals surface area (Å²) in [5.74, 6) is 2.83. The normalized spacial score (nSPS) is 16.1. The summed E-state index contributed by atoms with van der Waals surface area (Å²) in [5, 5.41) is 10.3. The molecule has 0 unspecified atom stereocenters. The quantitative estimate of drug-likeness (QED) is 0.414. The Morgan fingerprint density at radius 2 is 1.89 bits per heavy atom. The molecular weight excluding hydrogens is 486 g/mol. The molecule has 0 bridgehead atoms. The number of benzene rings is 1. The van der Waals surface area contributed by atoms with E-state index in [1.165, 1.54) is 11.3 Å². The van der Waals surface area contributed by atoms with Crippen LogP contribution >= 0.6 is 11.3 Å². The predicted octanol–water partition coefficient (Wildman–Crippen LogP) is 4.05. The van der Waals surface area contributed by atoms with Gasteiger partial charge >= 0.3 is 0 Å². The molecule has 0 spiro atoms. The van der Waals surface area contributed by atoms with E-state index >= 15 is 0 Å². The molecule has 192 valence electrons. The van der Waals surface area contributed by atoms with E-state index in [2.05, 4.69) is 54.7 Å². The highest BCUT2D eigenvalue weighted by Gasteiger charge is 2.30. The van der Waals surface area contributed by atoms with Gasteiger partial charge in [0, 0.05) is 48.2 Å². The Bertz CT molecular complexity index is 1500. The van der Waals surface area contributed by atoms with E-state index in [1.54, 1.807) is 0 Å². The maximum absolute atomic E-state index is 9.82. The molecule has 3 aromatic heterocycles. The summed E-state index contributed by atoms with van der Waals surface area (Å²) in [6, 6.07) is 6.38. The number of hydrogen-bond acceptors (Lipinski definition) is 10. The molecule has 0 aliphatic carbocycles. The minimum Gasteiger partial charge on any atom is -0.491 e. The van der Waals surface area contributed by atoms with Gasteiger partial charge in [-0.1, -0.05) is 25.2 Å². The minimum absolute atomic E-state index is 0.270. The van der Waals surface area contributed by atoms with Crippen molar-refractivity contribution in [3.63, 3.8) is 0 Å². The summed E-state index contributed by atoms with van der Waals surface area (Å²) < 4.78 is 6.28. The Morgan fingerprint density at radius 3 is 2.65 bits per heavy atom. The summed E-state index contributed by atoms with van der Waals surface area (Å²) in [6.07, 6.45) is 1.57. The molecule has 1 saturated heterocycles. The zero-order valence-electron chi connectivity index (χ0n) is 21.5. The fraction of sp³-hybridized carbons (Fsp3) is 0.407. The number of aryl methyl sites for hydroxylation is 2. The Hall–Kier alpha value is -3.50. The van der Waals surface area contributed by atoms with E-state index in [1.807, 2.05) is 17.2 Å². The van der Waals surface area contributed by atoms with Gasteiger partial charge in [0.1, 0.15) is 28.5 Å². The van der Waals surface area contributed by atoms with Gasteiger partial charge < -0.3 is 25.4 Å². The number of anilines is 3. The zero-order chi connectivity index (χ0) is 25.8. The Morgan fingerprint density at radius 1 is 1.08 bits per heavy atom. The molecule has 2 aliphatic heterocycles. The van der Waals surface area contributed by atoms with E-state index in [0.29, 0.717) is 43.9 Å². The van der Waals surface area contributed by atoms with Crippen molar-refractivity contribution in [2.24, 2.45) is 0 Å². The van der Waals surface area contributed by atoms with Crippen LogP contribution in [0, 0.1) is 13.8 Å². The Kier molecular flexibility index (Phi) is 5.88. The van der Waals surface area contributed by atoms with Crippen LogP contribution in [0.2, 0.25) is 0 Å². The van der Waals surface area contributed by atoms with Crippen molar-refractivity contribution >= 4 is 38.6 Å². The standard InChI is InChI=1S/C27H31N7O2S/c1-14(2)22-16(4)30-27(34-12-20(35)13-34)32-24(22)33-5-6-36-23-15(3)7-17(8-19(23)11-33)18-9-21-25(29-10-18)37-26(28)31-21/h7-10,14,20,35H,5-6,11-13H2,1-4H3,(H2,28,31). The number of thiazole rings is 1. The van der Waals surface area contributed by atoms with Gasteiger partial charge in [-0.05, 0) is 49.1 Å². The first-order valence-electron chi connectivity index (χ1n) is 12.6. The number of aliphatic hydroxyl groups excluding tert-OH is 1. The zero-order valence-corrected chi connectivity index (χ0v) is 22.3. The summed E-state index contributed by atoms with van der Waals surface area (Å²) in [5.41, 5.74) is 13.1. The van der Waals surface area contributed by atoms with E-state index in [-0.39, 0.29) is 12.0 Å². The van der Waals surface area contributed by atoms with Crippen LogP contribution < -0.4 is 20.3 Å². The topological polar surface area (TPSA) is 114 Å². The third-order valence-electron chi connectivity index (χ3n) is 7.04. The van der Waals surface area contributed by atoms with Crippen molar-refractivity contribution in [2.75, 3.05) is 41.8 Å². The van der Waals surface area contributed by atoms with E-state index in [0.717, 1.165) is 55.4 Å². The molecule has 5 heterocycles. The molecule has 0 amide bonds. The lowest BCUT2D eigenvalue weighted by Crippen LogP contribution is -2.51. The maximum atomic E-state index is 9.82. The molecule has 0 saturated carbocycles. The van der Waals surface area contributed by atoms with Crippen molar-refractivity contribution in [3.05, 3.63) is 46.8 Å². The van der Waals surface area contributed by atoms with E-state index in [4.69, 9.17) is 20.4 Å². The number of nitrogen functional groups attached to an aromatic ring is 1. The summed E-state index contributed by atoms with van der Waals surface area (Å²) in [6.45, 7) is 11.6. The lowest BCUT2D eigenvalue weighted by atomic mass is 9.99. The van der Waals surface area contributed by atoms with Crippen LogP contribution in [0.15, 0.2) is 24.4 Å². The van der Waals surface area contributed by atoms with Crippen molar-refractivity contribution in [1.29, 1.82) is 0 Å². The van der Waals surface area contributed by atoms with Gasteiger partial charge in [0.05, 0.1) is 12.6 Å². The second kappa shape index (κ2) is 9.11. The van der Waals surface area contributed by atoms with Crippen LogP contribution in [0.5, 0.6) is 5.75 Å². The van der Waals surface area contributed by atoms with Gasteiger partial charge in [-0.3, -0.25) is 0 Å². The third-order valence-corrected chi connectivity index (χ3v) is 7.85. The Balaban J connectivity index is 1.40. The second-order valence-electron chi connectivity index (χ2n) is 10.2. The second-order valence-corrected chi connectivity index (χ2v) is 11.2. The van der Waals surface area contributed by atoms with Gasteiger partial charge in [0.2, 0.25) is 5.95 Å². The molecule has 1 aromatic carbocycles. The molecule has 9 nitrogen and oxygen atoms in total. The average Bonchev–Trinajstić information content (AvgIpc) is 3.06. The van der Waals surface area contributed by atoms with Crippen molar-refractivity contribution in [3.8, 4) is 16.9 Å². The molecule has 10 heteroatoms. The van der Waals surface area contributed by atoms with E-state index < -0.39 is 0 Å². The van der Waals surface area contributed by atoms with Crippen molar-refractivity contribution < 1.29 is 9.84 Å². The number of aliphatic hydroxyl groups is 1. The highest BCUT2D eigenvalue weighted by Crippen LogP contribution is 2.37. The lowest BCUT2D eigenvalue weighted by molar-refractivity contribution is 0.140. The number of pyridine rings is 1. The van der Waals surface area contributed by atoms with Gasteiger partial charge in [0.25, 0.3) is 0 Å². The monoisotopic (exact) mass is 517 g/mol. The first-order chi connectivity index (χ1) is 17.8. The highest BCUT2D eigenvalue weighted by atomic mass is 32.1.